The van der Waals surface area contributed by atoms with Gasteiger partial charge in [-0.3, -0.25) is 0 Å². The van der Waals surface area contributed by atoms with Gasteiger partial charge in [0.25, 0.3) is 0 Å². The van der Waals surface area contributed by atoms with Crippen LogP contribution in [0.25, 0.3) is 0 Å². The number of benzene rings is 1. The van der Waals surface area contributed by atoms with Crippen molar-refractivity contribution in [3.63, 3.8) is 0 Å². The van der Waals surface area contributed by atoms with Crippen molar-refractivity contribution in [2.75, 3.05) is 0 Å². The van der Waals surface area contributed by atoms with E-state index in [2.05, 4.69) is 30.3 Å². The van der Waals surface area contributed by atoms with E-state index in [0.717, 1.165) is 19.3 Å². The molecule has 0 heterocycles. The molecule has 0 aromatic heterocycles. The fraction of sp³-hybridized carbons (Fsp3) is 0.579. The summed E-state index contributed by atoms with van der Waals surface area (Å²) in [5.41, 5.74) is 4.16. The molecule has 0 fully saturated rings. The van der Waals surface area contributed by atoms with E-state index < -0.39 is 0 Å². The second-order valence-corrected chi connectivity index (χ2v) is 6.37. The summed E-state index contributed by atoms with van der Waals surface area (Å²) in [6.07, 6.45) is 13.1. The summed E-state index contributed by atoms with van der Waals surface area (Å²) in [4.78, 5) is 0. The number of allylic oxidation sites excluding steroid dienone is 1. The molecule has 108 valence electrons. The summed E-state index contributed by atoms with van der Waals surface area (Å²) in [5.74, 6) is 0.325. The molecular formula is C19H26O. The molecule has 0 radical (unpaired) electrons. The first-order valence-electron chi connectivity index (χ1n) is 8.31. The standard InChI is InChI=1S/C19H26O/c20-19(16-10-4-2-1-3-5-11-16)18-14-8-12-15-9-6-7-13-17(15)18/h6-7,9-10,13,18-20H,1-5,8,11-12,14H2/b16-10+. The Morgan fingerprint density at radius 1 is 0.950 bits per heavy atom. The third-order valence-electron chi connectivity index (χ3n) is 5.00. The van der Waals surface area contributed by atoms with Crippen molar-refractivity contribution in [3.8, 4) is 0 Å². The molecule has 0 spiro atoms. The van der Waals surface area contributed by atoms with Crippen molar-refractivity contribution in [1.82, 2.24) is 0 Å². The summed E-state index contributed by atoms with van der Waals surface area (Å²) in [6.45, 7) is 0. The highest BCUT2D eigenvalue weighted by Gasteiger charge is 2.28. The van der Waals surface area contributed by atoms with E-state index in [1.165, 1.54) is 55.2 Å². The van der Waals surface area contributed by atoms with Gasteiger partial charge in [0.2, 0.25) is 0 Å². The Morgan fingerprint density at radius 2 is 1.80 bits per heavy atom. The molecule has 1 aromatic rings. The monoisotopic (exact) mass is 270 g/mol. The number of hydrogen-bond donors (Lipinski definition) is 1. The molecular weight excluding hydrogens is 244 g/mol. The molecule has 1 nitrogen and oxygen atoms in total. The largest absolute Gasteiger partial charge is 0.388 e. The van der Waals surface area contributed by atoms with Crippen molar-refractivity contribution < 1.29 is 5.11 Å². The van der Waals surface area contributed by atoms with Crippen LogP contribution >= 0.6 is 0 Å². The normalized spacial score (nSPS) is 27.6. The minimum atomic E-state index is -0.255. The molecule has 20 heavy (non-hydrogen) atoms. The molecule has 0 amide bonds. The first kappa shape index (κ1) is 13.9. The van der Waals surface area contributed by atoms with Gasteiger partial charge < -0.3 is 5.11 Å². The highest BCUT2D eigenvalue weighted by molar-refractivity contribution is 5.35. The van der Waals surface area contributed by atoms with Gasteiger partial charge in [-0.05, 0) is 61.6 Å². The van der Waals surface area contributed by atoms with Gasteiger partial charge >= 0.3 is 0 Å². The molecule has 1 heteroatoms. The summed E-state index contributed by atoms with van der Waals surface area (Å²) in [7, 11) is 0. The van der Waals surface area contributed by atoms with Crippen LogP contribution in [0.15, 0.2) is 35.9 Å². The zero-order valence-corrected chi connectivity index (χ0v) is 12.4. The van der Waals surface area contributed by atoms with Gasteiger partial charge in [0.05, 0.1) is 6.10 Å². The van der Waals surface area contributed by atoms with Gasteiger partial charge in [0.1, 0.15) is 0 Å². The minimum Gasteiger partial charge on any atom is -0.388 e. The van der Waals surface area contributed by atoms with Crippen LogP contribution in [0, 0.1) is 0 Å². The van der Waals surface area contributed by atoms with Crippen molar-refractivity contribution in [3.05, 3.63) is 47.0 Å². The van der Waals surface area contributed by atoms with E-state index in [0.29, 0.717) is 5.92 Å². The average molecular weight is 270 g/mol. The minimum absolute atomic E-state index is 0.255. The maximum Gasteiger partial charge on any atom is 0.0818 e. The van der Waals surface area contributed by atoms with Crippen LogP contribution in [0.3, 0.4) is 0 Å². The van der Waals surface area contributed by atoms with E-state index in [9.17, 15) is 5.11 Å². The van der Waals surface area contributed by atoms with Crippen LogP contribution in [-0.2, 0) is 6.42 Å². The maximum absolute atomic E-state index is 10.9. The molecule has 2 unspecified atom stereocenters. The lowest BCUT2D eigenvalue weighted by molar-refractivity contribution is 0.163. The first-order valence-corrected chi connectivity index (χ1v) is 8.31. The summed E-state index contributed by atoms with van der Waals surface area (Å²) >= 11 is 0. The van der Waals surface area contributed by atoms with Crippen LogP contribution in [0.2, 0.25) is 0 Å². The molecule has 2 aliphatic rings. The number of hydrogen-bond acceptors (Lipinski definition) is 1. The van der Waals surface area contributed by atoms with Gasteiger partial charge in [0, 0.05) is 5.92 Å². The van der Waals surface area contributed by atoms with Gasteiger partial charge in [-0.1, -0.05) is 43.2 Å². The molecule has 2 aliphatic carbocycles. The van der Waals surface area contributed by atoms with E-state index in [1.807, 2.05) is 0 Å². The number of fused-ring (bicyclic) bond motifs is 1. The lowest BCUT2D eigenvalue weighted by Crippen LogP contribution is -2.25. The molecule has 3 rings (SSSR count). The lowest BCUT2D eigenvalue weighted by Gasteiger charge is -2.31. The van der Waals surface area contributed by atoms with Gasteiger partial charge in [0.15, 0.2) is 0 Å². The van der Waals surface area contributed by atoms with E-state index >= 15 is 0 Å². The second-order valence-electron chi connectivity index (χ2n) is 6.37. The fourth-order valence-corrected chi connectivity index (χ4v) is 3.86. The highest BCUT2D eigenvalue weighted by atomic mass is 16.3. The summed E-state index contributed by atoms with van der Waals surface area (Å²) in [5, 5.41) is 10.9. The average Bonchev–Trinajstić information content (AvgIpc) is 2.46. The van der Waals surface area contributed by atoms with Crippen molar-refractivity contribution >= 4 is 0 Å². The summed E-state index contributed by atoms with van der Waals surface area (Å²) in [6, 6.07) is 8.71. The zero-order valence-electron chi connectivity index (χ0n) is 12.4. The quantitative estimate of drug-likeness (QED) is 0.769. The molecule has 0 bridgehead atoms. The van der Waals surface area contributed by atoms with Crippen molar-refractivity contribution in [2.24, 2.45) is 0 Å². The third kappa shape index (κ3) is 2.98. The predicted octanol–water partition coefficient (Wildman–Crippen LogP) is 4.75. The predicted molar refractivity (Wildman–Crippen MR) is 83.9 cm³/mol. The Balaban J connectivity index is 1.81. The Hall–Kier alpha value is -1.08. The Bertz CT molecular complexity index is 474. The number of aliphatic hydroxyl groups is 1. The van der Waals surface area contributed by atoms with Crippen molar-refractivity contribution in [2.45, 2.75) is 69.8 Å². The fourth-order valence-electron chi connectivity index (χ4n) is 3.86. The molecule has 0 aliphatic heterocycles. The van der Waals surface area contributed by atoms with Crippen molar-refractivity contribution in [1.29, 1.82) is 0 Å². The molecule has 0 saturated carbocycles. The topological polar surface area (TPSA) is 20.2 Å². The van der Waals surface area contributed by atoms with Crippen LogP contribution in [-0.4, -0.2) is 11.2 Å². The van der Waals surface area contributed by atoms with Gasteiger partial charge in [-0.25, -0.2) is 0 Å². The van der Waals surface area contributed by atoms with Gasteiger partial charge in [-0.2, -0.15) is 0 Å². The van der Waals surface area contributed by atoms with E-state index in [-0.39, 0.29) is 6.10 Å². The Morgan fingerprint density at radius 3 is 2.75 bits per heavy atom. The molecule has 1 N–H and O–H groups in total. The smallest absolute Gasteiger partial charge is 0.0818 e. The number of aliphatic hydroxyl groups excluding tert-OH is 1. The lowest BCUT2D eigenvalue weighted by atomic mass is 9.77. The summed E-state index contributed by atoms with van der Waals surface area (Å²) < 4.78 is 0. The second kappa shape index (κ2) is 6.58. The van der Waals surface area contributed by atoms with E-state index in [4.69, 9.17) is 0 Å². The van der Waals surface area contributed by atoms with E-state index in [1.54, 1.807) is 0 Å². The van der Waals surface area contributed by atoms with Crippen LogP contribution in [0.4, 0.5) is 0 Å². The Kier molecular flexibility index (Phi) is 4.57. The maximum atomic E-state index is 10.9. The molecule has 0 saturated heterocycles. The zero-order chi connectivity index (χ0) is 13.8. The molecule has 1 aromatic carbocycles. The van der Waals surface area contributed by atoms with Gasteiger partial charge in [-0.15, -0.1) is 0 Å². The first-order chi connectivity index (χ1) is 9.86. The SMILES string of the molecule is OC(/C1=C/CCCCCC1)C1CCCc2ccccc21. The number of aryl methyl sites for hydroxylation is 1. The molecule has 2 atom stereocenters. The Labute approximate surface area is 122 Å². The highest BCUT2D eigenvalue weighted by Crippen LogP contribution is 2.37. The number of rotatable bonds is 2. The van der Waals surface area contributed by atoms with Crippen LogP contribution in [0.1, 0.15) is 68.4 Å². The van der Waals surface area contributed by atoms with Crippen LogP contribution in [0.5, 0.6) is 0 Å². The third-order valence-corrected chi connectivity index (χ3v) is 5.00. The van der Waals surface area contributed by atoms with Crippen LogP contribution < -0.4 is 0 Å².